The maximum absolute atomic E-state index is 12.4. The number of amides is 1. The molecule has 126 valence electrons. The van der Waals surface area contributed by atoms with Gasteiger partial charge in [0.2, 0.25) is 0 Å². The fourth-order valence-corrected chi connectivity index (χ4v) is 2.64. The SMILES string of the molecule is CCN(C[C@H]1CC(c2ccc(OC)cc2)=NO1)C(=O)c1ccco1. The Morgan fingerprint density at radius 3 is 2.75 bits per heavy atom. The second kappa shape index (κ2) is 7.21. The number of oxime groups is 1. The van der Waals surface area contributed by atoms with Crippen molar-refractivity contribution in [2.75, 3.05) is 20.2 Å². The van der Waals surface area contributed by atoms with E-state index in [-0.39, 0.29) is 12.0 Å². The topological polar surface area (TPSA) is 64.3 Å². The summed E-state index contributed by atoms with van der Waals surface area (Å²) in [5.74, 6) is 1.01. The maximum atomic E-state index is 12.4. The molecule has 1 aromatic carbocycles. The number of ether oxygens (including phenoxy) is 1. The quantitative estimate of drug-likeness (QED) is 0.818. The van der Waals surface area contributed by atoms with Gasteiger partial charge in [-0.25, -0.2) is 0 Å². The van der Waals surface area contributed by atoms with Crippen LogP contribution in [0.1, 0.15) is 29.5 Å². The van der Waals surface area contributed by atoms with Crippen LogP contribution in [0.15, 0.2) is 52.2 Å². The Balaban J connectivity index is 1.60. The summed E-state index contributed by atoms with van der Waals surface area (Å²) in [6, 6.07) is 11.1. The maximum Gasteiger partial charge on any atom is 0.289 e. The lowest BCUT2D eigenvalue weighted by atomic mass is 10.0. The lowest BCUT2D eigenvalue weighted by molar-refractivity contribution is 0.0418. The number of carbonyl (C=O) groups excluding carboxylic acids is 1. The number of carbonyl (C=O) groups is 1. The minimum absolute atomic E-state index is 0.135. The fourth-order valence-electron chi connectivity index (χ4n) is 2.64. The minimum Gasteiger partial charge on any atom is -0.497 e. The van der Waals surface area contributed by atoms with Crippen LogP contribution in [0.2, 0.25) is 0 Å². The molecule has 0 spiro atoms. The highest BCUT2D eigenvalue weighted by Gasteiger charge is 2.27. The number of nitrogens with zero attached hydrogens (tertiary/aromatic N) is 2. The van der Waals surface area contributed by atoms with Crippen LogP contribution in [0.3, 0.4) is 0 Å². The largest absolute Gasteiger partial charge is 0.497 e. The molecule has 1 atom stereocenters. The molecule has 1 aromatic heterocycles. The molecule has 0 radical (unpaired) electrons. The molecule has 0 saturated heterocycles. The van der Waals surface area contributed by atoms with Gasteiger partial charge < -0.3 is 18.9 Å². The van der Waals surface area contributed by atoms with Crippen LogP contribution in [0, 0.1) is 0 Å². The highest BCUT2D eigenvalue weighted by molar-refractivity contribution is 6.01. The summed E-state index contributed by atoms with van der Waals surface area (Å²) in [6.07, 6.45) is 2.01. The predicted molar refractivity (Wildman–Crippen MR) is 89.3 cm³/mol. The van der Waals surface area contributed by atoms with Crippen molar-refractivity contribution < 1.29 is 18.8 Å². The van der Waals surface area contributed by atoms with Crippen LogP contribution in [0.25, 0.3) is 0 Å². The summed E-state index contributed by atoms with van der Waals surface area (Å²) in [5, 5.41) is 4.17. The third-order valence-corrected chi connectivity index (χ3v) is 3.98. The van der Waals surface area contributed by atoms with E-state index in [9.17, 15) is 4.79 Å². The summed E-state index contributed by atoms with van der Waals surface area (Å²) in [4.78, 5) is 19.6. The van der Waals surface area contributed by atoms with Gasteiger partial charge in [0.25, 0.3) is 5.91 Å². The second-order valence-electron chi connectivity index (χ2n) is 5.52. The monoisotopic (exact) mass is 328 g/mol. The Kier molecular flexibility index (Phi) is 4.84. The number of methoxy groups -OCH3 is 1. The number of furan rings is 1. The first-order valence-electron chi connectivity index (χ1n) is 7.91. The zero-order valence-electron chi connectivity index (χ0n) is 13.8. The van der Waals surface area contributed by atoms with Crippen molar-refractivity contribution in [1.82, 2.24) is 4.90 Å². The standard InChI is InChI=1S/C18H20N2O4/c1-3-20(18(21)17-5-4-10-23-17)12-15-11-16(19-24-15)13-6-8-14(22-2)9-7-13/h4-10,15H,3,11-12H2,1-2H3/t15-/m1/s1. The highest BCUT2D eigenvalue weighted by atomic mass is 16.6. The van der Waals surface area contributed by atoms with Crippen molar-refractivity contribution >= 4 is 11.6 Å². The molecule has 0 saturated carbocycles. The van der Waals surface area contributed by atoms with Crippen LogP contribution in [-0.2, 0) is 4.84 Å². The van der Waals surface area contributed by atoms with E-state index in [4.69, 9.17) is 14.0 Å². The smallest absolute Gasteiger partial charge is 0.289 e. The first-order chi connectivity index (χ1) is 11.7. The summed E-state index contributed by atoms with van der Waals surface area (Å²) in [7, 11) is 1.64. The van der Waals surface area contributed by atoms with Gasteiger partial charge in [0.1, 0.15) is 5.75 Å². The molecular weight excluding hydrogens is 308 g/mol. The third kappa shape index (κ3) is 3.42. The van der Waals surface area contributed by atoms with Crippen molar-refractivity contribution in [3.05, 3.63) is 54.0 Å². The molecule has 0 fully saturated rings. The Hall–Kier alpha value is -2.76. The van der Waals surface area contributed by atoms with Gasteiger partial charge in [-0.15, -0.1) is 0 Å². The van der Waals surface area contributed by atoms with Gasteiger partial charge in [-0.1, -0.05) is 5.16 Å². The zero-order chi connectivity index (χ0) is 16.9. The average Bonchev–Trinajstić information content (AvgIpc) is 3.31. The molecule has 0 unspecified atom stereocenters. The highest BCUT2D eigenvalue weighted by Crippen LogP contribution is 2.20. The van der Waals surface area contributed by atoms with Gasteiger partial charge in [-0.05, 0) is 48.9 Å². The van der Waals surface area contributed by atoms with Crippen LogP contribution >= 0.6 is 0 Å². The van der Waals surface area contributed by atoms with Crippen LogP contribution in [0.5, 0.6) is 5.75 Å². The second-order valence-corrected chi connectivity index (χ2v) is 5.52. The van der Waals surface area contributed by atoms with Crippen LogP contribution < -0.4 is 4.74 Å². The van der Waals surface area contributed by atoms with E-state index in [2.05, 4.69) is 5.16 Å². The fraction of sp³-hybridized carbons (Fsp3) is 0.333. The summed E-state index contributed by atoms with van der Waals surface area (Å²) >= 11 is 0. The van der Waals surface area contributed by atoms with E-state index in [0.717, 1.165) is 17.0 Å². The van der Waals surface area contributed by atoms with Gasteiger partial charge in [-0.2, -0.15) is 0 Å². The van der Waals surface area contributed by atoms with Gasteiger partial charge >= 0.3 is 0 Å². The van der Waals surface area contributed by atoms with E-state index >= 15 is 0 Å². The lowest BCUT2D eigenvalue weighted by Crippen LogP contribution is -2.37. The van der Waals surface area contributed by atoms with Gasteiger partial charge in [-0.3, -0.25) is 4.79 Å². The van der Waals surface area contributed by atoms with Gasteiger partial charge in [0.15, 0.2) is 11.9 Å². The zero-order valence-corrected chi connectivity index (χ0v) is 13.8. The molecule has 2 aromatic rings. The van der Waals surface area contributed by atoms with E-state index in [1.54, 1.807) is 24.1 Å². The van der Waals surface area contributed by atoms with Crippen molar-refractivity contribution in [3.8, 4) is 5.75 Å². The molecule has 2 heterocycles. The molecule has 3 rings (SSSR count). The van der Waals surface area contributed by atoms with Crippen molar-refractivity contribution in [2.24, 2.45) is 5.16 Å². The van der Waals surface area contributed by atoms with E-state index in [0.29, 0.717) is 25.3 Å². The predicted octanol–water partition coefficient (Wildman–Crippen LogP) is 2.94. The molecule has 1 aliphatic heterocycles. The van der Waals surface area contributed by atoms with Crippen molar-refractivity contribution in [2.45, 2.75) is 19.4 Å². The molecule has 1 amide bonds. The van der Waals surface area contributed by atoms with Crippen LogP contribution in [0.4, 0.5) is 0 Å². The van der Waals surface area contributed by atoms with Gasteiger partial charge in [0.05, 0.1) is 25.6 Å². The van der Waals surface area contributed by atoms with Crippen molar-refractivity contribution in [1.29, 1.82) is 0 Å². The first kappa shape index (κ1) is 16.1. The van der Waals surface area contributed by atoms with Crippen molar-refractivity contribution in [3.63, 3.8) is 0 Å². The Bertz CT molecular complexity index is 707. The first-order valence-corrected chi connectivity index (χ1v) is 7.91. The minimum atomic E-state index is -0.152. The Morgan fingerprint density at radius 2 is 2.12 bits per heavy atom. The number of hydrogen-bond donors (Lipinski definition) is 0. The summed E-state index contributed by atoms with van der Waals surface area (Å²) in [6.45, 7) is 2.98. The molecule has 0 N–H and O–H groups in total. The molecule has 6 nitrogen and oxygen atoms in total. The molecule has 24 heavy (non-hydrogen) atoms. The number of likely N-dealkylation sites (N-methyl/N-ethyl adjacent to an activating group) is 1. The summed E-state index contributed by atoms with van der Waals surface area (Å²) < 4.78 is 10.3. The number of rotatable bonds is 6. The van der Waals surface area contributed by atoms with Gasteiger partial charge in [0, 0.05) is 13.0 Å². The van der Waals surface area contributed by atoms with Crippen LogP contribution in [-0.4, -0.2) is 42.8 Å². The summed E-state index contributed by atoms with van der Waals surface area (Å²) in [5.41, 5.74) is 1.88. The number of hydrogen-bond acceptors (Lipinski definition) is 5. The Labute approximate surface area is 140 Å². The lowest BCUT2D eigenvalue weighted by Gasteiger charge is -2.22. The molecule has 1 aliphatic rings. The molecule has 0 aliphatic carbocycles. The molecule has 6 heteroatoms. The van der Waals surface area contributed by atoms with E-state index < -0.39 is 0 Å². The van der Waals surface area contributed by atoms with E-state index in [1.807, 2.05) is 31.2 Å². The molecular formula is C18H20N2O4. The number of benzene rings is 1. The normalized spacial score (nSPS) is 16.4. The Morgan fingerprint density at radius 1 is 1.33 bits per heavy atom. The average molecular weight is 328 g/mol. The van der Waals surface area contributed by atoms with E-state index in [1.165, 1.54) is 6.26 Å². The molecule has 0 bridgehead atoms. The third-order valence-electron chi connectivity index (χ3n) is 3.98.